The van der Waals surface area contributed by atoms with Crippen molar-refractivity contribution in [3.63, 3.8) is 0 Å². The van der Waals surface area contributed by atoms with Gasteiger partial charge in [-0.2, -0.15) is 0 Å². The van der Waals surface area contributed by atoms with Crippen molar-refractivity contribution in [2.45, 2.75) is 65.7 Å². The number of hydrogen-bond donors (Lipinski definition) is 1. The van der Waals surface area contributed by atoms with Crippen molar-refractivity contribution in [3.8, 4) is 11.3 Å². The van der Waals surface area contributed by atoms with Gasteiger partial charge in [0.2, 0.25) is 0 Å². The third-order valence-corrected chi connectivity index (χ3v) is 7.36. The number of rotatable bonds is 5. The van der Waals surface area contributed by atoms with E-state index in [2.05, 4.69) is 62.4 Å². The maximum Gasteiger partial charge on any atom is 0.155 e. The molecule has 0 saturated heterocycles. The number of pyridine rings is 1. The smallest absolute Gasteiger partial charge is 0.155 e. The molecule has 0 spiro atoms. The number of ketones is 1. The van der Waals surface area contributed by atoms with Gasteiger partial charge >= 0.3 is 0 Å². The molecule has 5 heteroatoms. The zero-order valence-electron chi connectivity index (χ0n) is 23.6. The summed E-state index contributed by atoms with van der Waals surface area (Å²) >= 11 is 0. The predicted molar refractivity (Wildman–Crippen MR) is 160 cm³/mol. The minimum Gasteiger partial charge on any atom is -0.512 e. The third kappa shape index (κ3) is 6.54. The first-order valence-electron chi connectivity index (χ1n) is 13.9. The second kappa shape index (κ2) is 12.9. The summed E-state index contributed by atoms with van der Waals surface area (Å²) in [4.78, 5) is 14.9. The summed E-state index contributed by atoms with van der Waals surface area (Å²) in [5, 5.41) is 13.1. The van der Waals surface area contributed by atoms with Crippen LogP contribution in [-0.4, -0.2) is 15.9 Å². The maximum absolute atomic E-state index is 10.0. The average Bonchev–Trinajstić information content (AvgIpc) is 3.55. The van der Waals surface area contributed by atoms with Gasteiger partial charge in [0.15, 0.2) is 5.78 Å². The van der Waals surface area contributed by atoms with Crippen LogP contribution in [0.3, 0.4) is 0 Å². The molecule has 2 aromatic heterocycles. The van der Waals surface area contributed by atoms with E-state index in [0.29, 0.717) is 11.8 Å². The molecule has 0 amide bonds. The van der Waals surface area contributed by atoms with E-state index in [1.807, 2.05) is 18.3 Å². The van der Waals surface area contributed by atoms with Gasteiger partial charge in [0.05, 0.1) is 11.3 Å². The largest absolute Gasteiger partial charge is 0.512 e. The number of furan rings is 1. The number of aliphatic hydroxyl groups excluding tert-OH is 1. The molecule has 1 fully saturated rings. The second-order valence-corrected chi connectivity index (χ2v) is 11.1. The molecule has 0 atom stereocenters. The van der Waals surface area contributed by atoms with Crippen LogP contribution in [0.15, 0.2) is 77.0 Å². The molecule has 1 radical (unpaired) electrons. The molecule has 2 heterocycles. The first-order chi connectivity index (χ1) is 18.8. The van der Waals surface area contributed by atoms with E-state index in [4.69, 9.17) is 14.5 Å². The van der Waals surface area contributed by atoms with Crippen molar-refractivity contribution in [3.05, 3.63) is 89.8 Å². The van der Waals surface area contributed by atoms with Crippen molar-refractivity contribution in [1.82, 2.24) is 4.98 Å². The molecule has 209 valence electrons. The number of nitrogens with zero attached hydrogens (tertiary/aromatic N) is 1. The molecule has 0 unspecified atom stereocenters. The summed E-state index contributed by atoms with van der Waals surface area (Å²) in [7, 11) is 0. The van der Waals surface area contributed by atoms with Gasteiger partial charge in [-0.05, 0) is 79.1 Å². The van der Waals surface area contributed by atoms with Crippen molar-refractivity contribution < 1.29 is 34.4 Å². The van der Waals surface area contributed by atoms with Gasteiger partial charge in [-0.3, -0.25) is 4.79 Å². The Morgan fingerprint density at radius 3 is 2.48 bits per heavy atom. The van der Waals surface area contributed by atoms with Crippen LogP contribution in [0.1, 0.15) is 70.4 Å². The summed E-state index contributed by atoms with van der Waals surface area (Å²) in [5.74, 6) is 1.20. The monoisotopic (exact) mass is 711 g/mol. The van der Waals surface area contributed by atoms with Crippen LogP contribution >= 0.6 is 0 Å². The number of carbonyl (C=O) groups is 1. The van der Waals surface area contributed by atoms with E-state index in [9.17, 15) is 4.79 Å². The summed E-state index contributed by atoms with van der Waals surface area (Å²) in [5.41, 5.74) is 6.44. The van der Waals surface area contributed by atoms with E-state index >= 15 is 0 Å². The Morgan fingerprint density at radius 1 is 1.05 bits per heavy atom. The number of hydrogen-bond acceptors (Lipinski definition) is 4. The number of aromatic nitrogens is 1. The molecule has 5 aromatic rings. The van der Waals surface area contributed by atoms with Gasteiger partial charge in [0.1, 0.15) is 5.58 Å². The third-order valence-electron chi connectivity index (χ3n) is 7.36. The number of para-hydroxylation sites is 1. The number of carbonyl (C=O) groups excluding carboxylic acids is 1. The predicted octanol–water partition coefficient (Wildman–Crippen LogP) is 9.49. The van der Waals surface area contributed by atoms with Crippen molar-refractivity contribution in [2.24, 2.45) is 5.92 Å². The van der Waals surface area contributed by atoms with Gasteiger partial charge < -0.3 is 14.5 Å². The number of aliphatic hydroxyl groups is 1. The molecule has 1 aliphatic carbocycles. The molecule has 1 saturated carbocycles. The van der Waals surface area contributed by atoms with E-state index in [0.717, 1.165) is 39.6 Å². The zero-order valence-corrected chi connectivity index (χ0v) is 26.0. The molecule has 1 N–H and O–H groups in total. The standard InChI is InChI=1S/C30H28NO.C5H8O2.Ir/c1-19(2)15-20-16-26-25-9-5-6-10-28(25)32-30(26)27(17-20)29-24-12-11-22(21-7-3-4-8-21)18-23(24)13-14-31-29;1-4(6)3-5(2)7;/h5-6,9-14,16,18-19,21H,3-4,7-8,15H2,1-2H3;3,6H,1-2H3;/q-1;;/b;4-3-;. The van der Waals surface area contributed by atoms with Crippen LogP contribution in [0.4, 0.5) is 0 Å². The van der Waals surface area contributed by atoms with Crippen LogP contribution in [0.25, 0.3) is 44.0 Å². The summed E-state index contributed by atoms with van der Waals surface area (Å²) in [6.45, 7) is 7.36. The van der Waals surface area contributed by atoms with E-state index in [-0.39, 0.29) is 31.6 Å². The maximum atomic E-state index is 10.0. The summed E-state index contributed by atoms with van der Waals surface area (Å²) in [6.07, 6.45) is 9.42. The molecule has 6 rings (SSSR count). The van der Waals surface area contributed by atoms with Crippen molar-refractivity contribution in [2.75, 3.05) is 0 Å². The Balaban J connectivity index is 0.000000413. The van der Waals surface area contributed by atoms with E-state index < -0.39 is 0 Å². The van der Waals surface area contributed by atoms with Gasteiger partial charge in [-0.1, -0.05) is 74.0 Å². The first-order valence-corrected chi connectivity index (χ1v) is 13.9. The van der Waals surface area contributed by atoms with E-state index in [1.165, 1.54) is 67.5 Å². The van der Waals surface area contributed by atoms with Crippen molar-refractivity contribution >= 4 is 38.5 Å². The fourth-order valence-electron chi connectivity index (χ4n) is 5.74. The van der Waals surface area contributed by atoms with Gasteiger partial charge in [-0.15, -0.1) is 17.7 Å². The quantitative estimate of drug-likeness (QED) is 0.112. The Labute approximate surface area is 249 Å². The number of benzene rings is 3. The Morgan fingerprint density at radius 2 is 1.80 bits per heavy atom. The van der Waals surface area contributed by atoms with Crippen molar-refractivity contribution in [1.29, 1.82) is 0 Å². The average molecular weight is 711 g/mol. The SMILES string of the molecule is CC(=O)/C=C(/C)O.CC(C)Cc1[c-]c(-c2nccc3cc(C4CCCC4)ccc23)c2oc3ccccc3c2c1.[Ir]. The molecular formula is C35H36IrNO3-. The molecule has 3 aromatic carbocycles. The molecule has 0 aliphatic heterocycles. The minimum atomic E-state index is -0.125. The van der Waals surface area contributed by atoms with Crippen LogP contribution in [0, 0.1) is 12.0 Å². The Kier molecular flexibility index (Phi) is 9.60. The van der Waals surface area contributed by atoms with Gasteiger partial charge in [0.25, 0.3) is 0 Å². The minimum absolute atomic E-state index is 0. The number of fused-ring (bicyclic) bond motifs is 4. The van der Waals surface area contributed by atoms with Crippen LogP contribution in [0.5, 0.6) is 0 Å². The summed E-state index contributed by atoms with van der Waals surface area (Å²) in [6, 6.07) is 23.4. The Bertz CT molecular complexity index is 1670. The molecule has 40 heavy (non-hydrogen) atoms. The fourth-order valence-corrected chi connectivity index (χ4v) is 5.74. The molecule has 1 aliphatic rings. The fraction of sp³-hybridized carbons (Fsp3) is 0.314. The first kappa shape index (κ1) is 29.7. The molecular weight excluding hydrogens is 675 g/mol. The molecule has 0 bridgehead atoms. The number of allylic oxidation sites excluding steroid dienone is 2. The normalized spacial score (nSPS) is 14.0. The van der Waals surface area contributed by atoms with Crippen LogP contribution < -0.4 is 0 Å². The molecule has 4 nitrogen and oxygen atoms in total. The van der Waals surface area contributed by atoms with Crippen LogP contribution in [0.2, 0.25) is 0 Å². The van der Waals surface area contributed by atoms with Gasteiger partial charge in [0, 0.05) is 37.8 Å². The zero-order chi connectivity index (χ0) is 27.5. The van der Waals surface area contributed by atoms with Gasteiger partial charge in [-0.25, -0.2) is 0 Å². The second-order valence-electron chi connectivity index (χ2n) is 11.1. The summed E-state index contributed by atoms with van der Waals surface area (Å²) < 4.78 is 6.38. The topological polar surface area (TPSA) is 63.3 Å². The Hall–Kier alpha value is -3.27. The van der Waals surface area contributed by atoms with E-state index in [1.54, 1.807) is 0 Å². The van der Waals surface area contributed by atoms with Crippen LogP contribution in [-0.2, 0) is 31.3 Å².